The van der Waals surface area contributed by atoms with Gasteiger partial charge in [0.25, 0.3) is 0 Å². The lowest BCUT2D eigenvalue weighted by Gasteiger charge is -2.07. The van der Waals surface area contributed by atoms with E-state index in [-0.39, 0.29) is 19.4 Å². The Hall–Kier alpha value is -2.21. The summed E-state index contributed by atoms with van der Waals surface area (Å²) in [7, 11) is 1.90. The first-order chi connectivity index (χ1) is 11.5. The van der Waals surface area contributed by atoms with E-state index in [9.17, 15) is 4.79 Å². The van der Waals surface area contributed by atoms with Crippen LogP contribution < -0.4 is 9.47 Å². The molecule has 2 heterocycles. The maximum absolute atomic E-state index is 12.0. The van der Waals surface area contributed by atoms with E-state index in [1.807, 2.05) is 25.6 Å². The van der Waals surface area contributed by atoms with Crippen LogP contribution in [0.3, 0.4) is 0 Å². The van der Waals surface area contributed by atoms with Crippen LogP contribution in [0.4, 0.5) is 0 Å². The van der Waals surface area contributed by atoms with Gasteiger partial charge in [0.2, 0.25) is 6.79 Å². The fourth-order valence-electron chi connectivity index (χ4n) is 2.75. The van der Waals surface area contributed by atoms with E-state index in [1.54, 1.807) is 12.1 Å². The highest BCUT2D eigenvalue weighted by atomic mass is 35.5. The maximum atomic E-state index is 12.0. The second kappa shape index (κ2) is 6.73. The number of hydrogen-bond donors (Lipinski definition) is 0. The summed E-state index contributed by atoms with van der Waals surface area (Å²) >= 11 is 6.11. The van der Waals surface area contributed by atoms with Crippen molar-refractivity contribution in [1.82, 2.24) is 9.78 Å². The zero-order valence-corrected chi connectivity index (χ0v) is 14.6. The SMILES string of the molecule is Cc1nn(C)c(C)c1CCC(=O)OCc1cc(Cl)c2c(c1)OCO2. The molecule has 0 N–H and O–H groups in total. The summed E-state index contributed by atoms with van der Waals surface area (Å²) in [4.78, 5) is 12.0. The lowest BCUT2D eigenvalue weighted by atomic mass is 10.1. The van der Waals surface area contributed by atoms with E-state index in [0.717, 1.165) is 22.5 Å². The van der Waals surface area contributed by atoms with Gasteiger partial charge in [-0.1, -0.05) is 11.6 Å². The largest absolute Gasteiger partial charge is 0.461 e. The van der Waals surface area contributed by atoms with E-state index < -0.39 is 0 Å². The Kier molecular flexibility index (Phi) is 4.66. The number of carbonyl (C=O) groups is 1. The number of aromatic nitrogens is 2. The minimum atomic E-state index is -0.258. The molecule has 1 aliphatic heterocycles. The Morgan fingerprint density at radius 2 is 2.17 bits per heavy atom. The molecule has 0 atom stereocenters. The quantitative estimate of drug-likeness (QED) is 0.775. The van der Waals surface area contributed by atoms with Crippen LogP contribution in [-0.2, 0) is 29.6 Å². The van der Waals surface area contributed by atoms with E-state index in [1.165, 1.54) is 0 Å². The van der Waals surface area contributed by atoms with Crippen LogP contribution in [0.25, 0.3) is 0 Å². The molecule has 24 heavy (non-hydrogen) atoms. The van der Waals surface area contributed by atoms with E-state index in [0.29, 0.717) is 29.4 Å². The highest BCUT2D eigenvalue weighted by Crippen LogP contribution is 2.39. The lowest BCUT2D eigenvalue weighted by Crippen LogP contribution is -2.07. The third-order valence-electron chi connectivity index (χ3n) is 4.12. The Morgan fingerprint density at radius 3 is 2.88 bits per heavy atom. The predicted octanol–water partition coefficient (Wildman–Crippen LogP) is 3.10. The first kappa shape index (κ1) is 16.6. The van der Waals surface area contributed by atoms with Crippen LogP contribution in [0.2, 0.25) is 5.02 Å². The highest BCUT2D eigenvalue weighted by Gasteiger charge is 2.19. The van der Waals surface area contributed by atoms with Gasteiger partial charge >= 0.3 is 5.97 Å². The number of ether oxygens (including phenoxy) is 3. The van der Waals surface area contributed by atoms with Crippen LogP contribution >= 0.6 is 11.6 Å². The van der Waals surface area contributed by atoms with E-state index in [2.05, 4.69) is 5.10 Å². The van der Waals surface area contributed by atoms with Gasteiger partial charge in [-0.2, -0.15) is 5.10 Å². The molecule has 0 saturated heterocycles. The molecule has 0 spiro atoms. The predicted molar refractivity (Wildman–Crippen MR) is 88.4 cm³/mol. The number of carbonyl (C=O) groups excluding carboxylic acids is 1. The van der Waals surface area contributed by atoms with E-state index in [4.69, 9.17) is 25.8 Å². The molecular formula is C17H19ClN2O4. The molecule has 0 aliphatic carbocycles. The monoisotopic (exact) mass is 350 g/mol. The molecule has 3 rings (SSSR count). The van der Waals surface area contributed by atoms with Gasteiger partial charge in [0, 0.05) is 19.2 Å². The average molecular weight is 351 g/mol. The summed E-state index contributed by atoms with van der Waals surface area (Å²) in [6.07, 6.45) is 0.928. The molecule has 1 aromatic heterocycles. The molecule has 0 radical (unpaired) electrons. The van der Waals surface area contributed by atoms with Gasteiger partial charge in [-0.3, -0.25) is 9.48 Å². The van der Waals surface area contributed by atoms with Crippen molar-refractivity contribution in [3.8, 4) is 11.5 Å². The van der Waals surface area contributed by atoms with Crippen molar-refractivity contribution < 1.29 is 19.0 Å². The molecule has 128 valence electrons. The molecule has 0 saturated carbocycles. The molecule has 1 aromatic carbocycles. The van der Waals surface area contributed by atoms with Gasteiger partial charge in [0.1, 0.15) is 6.61 Å². The summed E-state index contributed by atoms with van der Waals surface area (Å²) in [5.41, 5.74) is 3.89. The Morgan fingerprint density at radius 1 is 1.38 bits per heavy atom. The van der Waals surface area contributed by atoms with Crippen molar-refractivity contribution in [2.24, 2.45) is 7.05 Å². The summed E-state index contributed by atoms with van der Waals surface area (Å²) in [6, 6.07) is 3.49. The number of benzene rings is 1. The third kappa shape index (κ3) is 3.33. The number of fused-ring (bicyclic) bond motifs is 1. The van der Waals surface area contributed by atoms with Gasteiger partial charge in [-0.05, 0) is 43.5 Å². The van der Waals surface area contributed by atoms with Gasteiger partial charge in [0.05, 0.1) is 10.7 Å². The van der Waals surface area contributed by atoms with Crippen LogP contribution in [0.15, 0.2) is 12.1 Å². The number of aryl methyl sites for hydroxylation is 2. The van der Waals surface area contributed by atoms with Crippen molar-refractivity contribution in [2.45, 2.75) is 33.3 Å². The van der Waals surface area contributed by atoms with Gasteiger partial charge < -0.3 is 14.2 Å². The maximum Gasteiger partial charge on any atom is 0.306 e. The van der Waals surface area contributed by atoms with Gasteiger partial charge in [-0.25, -0.2) is 0 Å². The summed E-state index contributed by atoms with van der Waals surface area (Å²) in [6.45, 7) is 4.25. The van der Waals surface area contributed by atoms with Crippen molar-refractivity contribution in [2.75, 3.05) is 6.79 Å². The van der Waals surface area contributed by atoms with E-state index >= 15 is 0 Å². The number of hydrogen-bond acceptors (Lipinski definition) is 5. The Bertz CT molecular complexity index is 785. The summed E-state index contributed by atoms with van der Waals surface area (Å²) in [5, 5.41) is 4.81. The normalized spacial score (nSPS) is 12.5. The van der Waals surface area contributed by atoms with Crippen molar-refractivity contribution in [3.05, 3.63) is 39.7 Å². The average Bonchev–Trinajstić information content (AvgIpc) is 3.10. The molecule has 0 amide bonds. The number of rotatable bonds is 5. The summed E-state index contributed by atoms with van der Waals surface area (Å²) in [5.74, 6) is 0.857. The molecule has 1 aliphatic rings. The topological polar surface area (TPSA) is 62.6 Å². The van der Waals surface area contributed by atoms with Crippen LogP contribution in [0.5, 0.6) is 11.5 Å². The third-order valence-corrected chi connectivity index (χ3v) is 4.41. The molecule has 0 unspecified atom stereocenters. The zero-order valence-electron chi connectivity index (χ0n) is 13.9. The Balaban J connectivity index is 1.55. The fraction of sp³-hybridized carbons (Fsp3) is 0.412. The van der Waals surface area contributed by atoms with Crippen LogP contribution in [-0.4, -0.2) is 22.5 Å². The molecule has 6 nitrogen and oxygen atoms in total. The fourth-order valence-corrected chi connectivity index (χ4v) is 3.03. The molecule has 0 fully saturated rings. The molecule has 2 aromatic rings. The van der Waals surface area contributed by atoms with Crippen molar-refractivity contribution in [1.29, 1.82) is 0 Å². The zero-order chi connectivity index (χ0) is 17.3. The molecule has 7 heteroatoms. The molecule has 0 bridgehead atoms. The number of halogens is 1. The van der Waals surface area contributed by atoms with Crippen LogP contribution in [0, 0.1) is 13.8 Å². The highest BCUT2D eigenvalue weighted by molar-refractivity contribution is 6.32. The van der Waals surface area contributed by atoms with Crippen molar-refractivity contribution >= 4 is 17.6 Å². The number of nitrogens with zero attached hydrogens (tertiary/aromatic N) is 2. The summed E-state index contributed by atoms with van der Waals surface area (Å²) < 4.78 is 17.7. The standard InChI is InChI=1S/C17H19ClN2O4/c1-10-13(11(2)20(3)19-10)4-5-16(21)22-8-12-6-14(18)17-15(7-12)23-9-24-17/h6-7H,4-5,8-9H2,1-3H3. The van der Waals surface area contributed by atoms with Gasteiger partial charge in [-0.15, -0.1) is 0 Å². The van der Waals surface area contributed by atoms with Gasteiger partial charge in [0.15, 0.2) is 11.5 Å². The van der Waals surface area contributed by atoms with Crippen molar-refractivity contribution in [3.63, 3.8) is 0 Å². The minimum Gasteiger partial charge on any atom is -0.461 e. The first-order valence-corrected chi connectivity index (χ1v) is 8.06. The molecular weight excluding hydrogens is 332 g/mol. The smallest absolute Gasteiger partial charge is 0.306 e. The van der Waals surface area contributed by atoms with Crippen LogP contribution in [0.1, 0.15) is 28.9 Å². The second-order valence-corrected chi connectivity index (χ2v) is 6.15. The Labute approximate surface area is 145 Å². The minimum absolute atomic E-state index is 0.153. The first-order valence-electron chi connectivity index (χ1n) is 7.68. The number of esters is 1. The lowest BCUT2D eigenvalue weighted by molar-refractivity contribution is -0.144. The second-order valence-electron chi connectivity index (χ2n) is 5.75.